The van der Waals surface area contributed by atoms with E-state index in [9.17, 15) is 9.90 Å². The number of halogens is 1. The van der Waals surface area contributed by atoms with Gasteiger partial charge in [0, 0.05) is 23.5 Å². The van der Waals surface area contributed by atoms with Crippen molar-refractivity contribution in [2.24, 2.45) is 0 Å². The van der Waals surface area contributed by atoms with Crippen LogP contribution < -0.4 is 15.4 Å². The van der Waals surface area contributed by atoms with Crippen molar-refractivity contribution in [3.05, 3.63) is 23.2 Å². The minimum Gasteiger partial charge on any atom is -0.495 e. The molecule has 0 bridgehead atoms. The smallest absolute Gasteiger partial charge is 0.226 e. The summed E-state index contributed by atoms with van der Waals surface area (Å²) in [7, 11) is 1.56. The highest BCUT2D eigenvalue weighted by atomic mass is 35.5. The zero-order valence-electron chi connectivity index (χ0n) is 13.6. The predicted molar refractivity (Wildman–Crippen MR) is 92.1 cm³/mol. The molecule has 0 spiro atoms. The Morgan fingerprint density at radius 3 is 2.74 bits per heavy atom. The summed E-state index contributed by atoms with van der Waals surface area (Å²) in [6.07, 6.45) is 3.77. The fraction of sp³-hybridized carbons (Fsp3) is 0.588. The standard InChI is InChI=1S/C17H25ClN2O3/c1-11(19-13-4-6-14(21)7-5-13)9-17(22)20-15-10-12(18)3-8-16(15)23-2/h3,8,10-11,13-14,19,21H,4-7,9H2,1-2H3,(H,20,22). The van der Waals surface area contributed by atoms with E-state index in [-0.39, 0.29) is 18.1 Å². The number of amides is 1. The molecule has 0 aromatic heterocycles. The molecule has 0 saturated heterocycles. The van der Waals surface area contributed by atoms with Crippen molar-refractivity contribution < 1.29 is 14.6 Å². The summed E-state index contributed by atoms with van der Waals surface area (Å²) >= 11 is 5.96. The second kappa shape index (κ2) is 8.52. The van der Waals surface area contributed by atoms with E-state index in [4.69, 9.17) is 16.3 Å². The molecule has 1 aliphatic rings. The van der Waals surface area contributed by atoms with Gasteiger partial charge in [0.2, 0.25) is 5.91 Å². The zero-order chi connectivity index (χ0) is 16.8. The van der Waals surface area contributed by atoms with Gasteiger partial charge in [-0.25, -0.2) is 0 Å². The van der Waals surface area contributed by atoms with Gasteiger partial charge in [-0.1, -0.05) is 11.6 Å². The number of aliphatic hydroxyl groups is 1. The molecule has 128 valence electrons. The molecule has 0 radical (unpaired) electrons. The maximum atomic E-state index is 12.2. The molecule has 3 N–H and O–H groups in total. The van der Waals surface area contributed by atoms with Crippen molar-refractivity contribution in [2.45, 2.75) is 57.2 Å². The number of nitrogens with one attached hydrogen (secondary N) is 2. The van der Waals surface area contributed by atoms with Crippen LogP contribution in [0.3, 0.4) is 0 Å². The molecule has 1 aromatic carbocycles. The topological polar surface area (TPSA) is 70.6 Å². The van der Waals surface area contributed by atoms with Gasteiger partial charge in [0.25, 0.3) is 0 Å². The summed E-state index contributed by atoms with van der Waals surface area (Å²) in [5, 5.41) is 16.4. The van der Waals surface area contributed by atoms with Crippen molar-refractivity contribution in [1.29, 1.82) is 0 Å². The number of rotatable bonds is 6. The van der Waals surface area contributed by atoms with Crippen molar-refractivity contribution in [3.63, 3.8) is 0 Å². The summed E-state index contributed by atoms with van der Waals surface area (Å²) in [6.45, 7) is 2.00. The fourth-order valence-electron chi connectivity index (χ4n) is 2.96. The van der Waals surface area contributed by atoms with Crippen LogP contribution in [0.1, 0.15) is 39.0 Å². The first-order valence-corrected chi connectivity index (χ1v) is 8.43. The van der Waals surface area contributed by atoms with Crippen molar-refractivity contribution in [3.8, 4) is 5.75 Å². The molecule has 0 aliphatic heterocycles. The number of hydrogen-bond acceptors (Lipinski definition) is 4. The summed E-state index contributed by atoms with van der Waals surface area (Å²) in [5.74, 6) is 0.506. The van der Waals surface area contributed by atoms with Gasteiger partial charge in [0.05, 0.1) is 18.9 Å². The maximum absolute atomic E-state index is 12.2. The van der Waals surface area contributed by atoms with E-state index in [1.54, 1.807) is 25.3 Å². The van der Waals surface area contributed by atoms with Crippen LogP contribution >= 0.6 is 11.6 Å². The minimum atomic E-state index is -0.165. The first-order valence-electron chi connectivity index (χ1n) is 8.05. The number of carbonyl (C=O) groups excluding carboxylic acids is 1. The highest BCUT2D eigenvalue weighted by Gasteiger charge is 2.21. The Balaban J connectivity index is 1.83. The lowest BCUT2D eigenvalue weighted by Gasteiger charge is -2.29. The fourth-order valence-corrected chi connectivity index (χ4v) is 3.13. The molecular formula is C17H25ClN2O3. The van der Waals surface area contributed by atoms with Crippen LogP contribution in [0.4, 0.5) is 5.69 Å². The third kappa shape index (κ3) is 5.68. The van der Waals surface area contributed by atoms with Gasteiger partial charge in [-0.3, -0.25) is 4.79 Å². The second-order valence-electron chi connectivity index (χ2n) is 6.17. The molecule has 0 heterocycles. The molecule has 1 aromatic rings. The predicted octanol–water partition coefficient (Wildman–Crippen LogP) is 2.96. The van der Waals surface area contributed by atoms with E-state index >= 15 is 0 Å². The number of aliphatic hydroxyl groups excluding tert-OH is 1. The van der Waals surface area contributed by atoms with Crippen molar-refractivity contribution in [1.82, 2.24) is 5.32 Å². The monoisotopic (exact) mass is 340 g/mol. The highest BCUT2D eigenvalue weighted by Crippen LogP contribution is 2.27. The maximum Gasteiger partial charge on any atom is 0.226 e. The molecule has 1 atom stereocenters. The number of anilines is 1. The van der Waals surface area contributed by atoms with E-state index in [1.807, 2.05) is 6.92 Å². The van der Waals surface area contributed by atoms with Crippen LogP contribution in [0.15, 0.2) is 18.2 Å². The largest absolute Gasteiger partial charge is 0.495 e. The minimum absolute atomic E-state index is 0.0698. The molecular weight excluding hydrogens is 316 g/mol. The van der Waals surface area contributed by atoms with E-state index in [2.05, 4.69) is 10.6 Å². The SMILES string of the molecule is COc1ccc(Cl)cc1NC(=O)CC(C)NC1CCC(O)CC1. The molecule has 23 heavy (non-hydrogen) atoms. The quantitative estimate of drug-likeness (QED) is 0.744. The number of benzene rings is 1. The number of ether oxygens (including phenoxy) is 1. The summed E-state index contributed by atoms with van der Waals surface area (Å²) in [5.41, 5.74) is 0.581. The third-order valence-electron chi connectivity index (χ3n) is 4.14. The highest BCUT2D eigenvalue weighted by molar-refractivity contribution is 6.31. The Bertz CT molecular complexity index is 531. The van der Waals surface area contributed by atoms with Gasteiger partial charge in [-0.2, -0.15) is 0 Å². The Morgan fingerprint density at radius 1 is 1.39 bits per heavy atom. The number of hydrogen-bond donors (Lipinski definition) is 3. The van der Waals surface area contributed by atoms with Gasteiger partial charge in [-0.15, -0.1) is 0 Å². The van der Waals surface area contributed by atoms with Crippen LogP contribution in [0.25, 0.3) is 0 Å². The van der Waals surface area contributed by atoms with Crippen molar-refractivity contribution in [2.75, 3.05) is 12.4 Å². The molecule has 1 fully saturated rings. The van der Waals surface area contributed by atoms with Crippen LogP contribution in [0, 0.1) is 0 Å². The molecule has 5 nitrogen and oxygen atoms in total. The zero-order valence-corrected chi connectivity index (χ0v) is 14.4. The van der Waals surface area contributed by atoms with E-state index < -0.39 is 0 Å². The average molecular weight is 341 g/mol. The number of carbonyl (C=O) groups is 1. The summed E-state index contributed by atoms with van der Waals surface area (Å²) < 4.78 is 5.23. The van der Waals surface area contributed by atoms with Gasteiger partial charge < -0.3 is 20.5 Å². The second-order valence-corrected chi connectivity index (χ2v) is 6.61. The van der Waals surface area contributed by atoms with Crippen molar-refractivity contribution >= 4 is 23.2 Å². The summed E-state index contributed by atoms with van der Waals surface area (Å²) in [6, 6.07) is 5.58. The molecule has 1 saturated carbocycles. The van der Waals surface area contributed by atoms with Gasteiger partial charge in [0.1, 0.15) is 5.75 Å². The lowest BCUT2D eigenvalue weighted by Crippen LogP contribution is -2.41. The Labute approximate surface area is 142 Å². The lowest BCUT2D eigenvalue weighted by atomic mass is 9.92. The van der Waals surface area contributed by atoms with Gasteiger partial charge in [0.15, 0.2) is 0 Å². The third-order valence-corrected chi connectivity index (χ3v) is 4.38. The van der Waals surface area contributed by atoms with Crippen LogP contribution in [-0.2, 0) is 4.79 Å². The average Bonchev–Trinajstić information content (AvgIpc) is 2.49. The van der Waals surface area contributed by atoms with Crippen LogP contribution in [0.2, 0.25) is 5.02 Å². The Hall–Kier alpha value is -1.30. The van der Waals surface area contributed by atoms with E-state index in [1.165, 1.54) is 0 Å². The molecule has 1 aliphatic carbocycles. The molecule has 1 unspecified atom stereocenters. The normalized spacial score (nSPS) is 22.4. The lowest BCUT2D eigenvalue weighted by molar-refractivity contribution is -0.116. The Kier molecular flexibility index (Phi) is 6.69. The molecule has 2 rings (SSSR count). The van der Waals surface area contributed by atoms with Crippen LogP contribution in [0.5, 0.6) is 5.75 Å². The first kappa shape index (κ1) is 18.0. The Morgan fingerprint density at radius 2 is 2.09 bits per heavy atom. The van der Waals surface area contributed by atoms with E-state index in [0.717, 1.165) is 25.7 Å². The van der Waals surface area contributed by atoms with E-state index in [0.29, 0.717) is 28.9 Å². The number of methoxy groups -OCH3 is 1. The summed E-state index contributed by atoms with van der Waals surface area (Å²) in [4.78, 5) is 12.2. The van der Waals surface area contributed by atoms with Gasteiger partial charge in [-0.05, 0) is 50.8 Å². The van der Waals surface area contributed by atoms with Crippen LogP contribution in [-0.4, -0.2) is 36.3 Å². The molecule has 1 amide bonds. The van der Waals surface area contributed by atoms with Gasteiger partial charge >= 0.3 is 0 Å². The first-order chi connectivity index (χ1) is 11.0. The molecule has 6 heteroatoms.